The van der Waals surface area contributed by atoms with E-state index in [1.165, 1.54) is 11.3 Å². The molecule has 1 saturated heterocycles. The lowest BCUT2D eigenvalue weighted by atomic mass is 9.80. The van der Waals surface area contributed by atoms with E-state index in [1.54, 1.807) is 7.11 Å². The summed E-state index contributed by atoms with van der Waals surface area (Å²) in [7, 11) is 8.38. The molecule has 42 heavy (non-hydrogen) atoms. The number of ether oxygens (including phenoxy) is 1. The summed E-state index contributed by atoms with van der Waals surface area (Å²) in [6.45, 7) is 2.08. The number of thiazole rings is 1. The average Bonchev–Trinajstić information content (AvgIpc) is 3.55. The summed E-state index contributed by atoms with van der Waals surface area (Å²) in [4.78, 5) is 32.1. The van der Waals surface area contributed by atoms with Crippen molar-refractivity contribution < 1.29 is 32.7 Å². The highest BCUT2D eigenvalue weighted by atomic mass is 32.1. The van der Waals surface area contributed by atoms with Gasteiger partial charge in [0.1, 0.15) is 10.8 Å². The molecular formula is C31H37F2N4O4S+. The van der Waals surface area contributed by atoms with Crippen LogP contribution in [0, 0.1) is 17.0 Å². The number of hydrogen-bond acceptors (Lipinski definition) is 6. The zero-order chi connectivity index (χ0) is 30.2. The molecule has 11 heteroatoms. The van der Waals surface area contributed by atoms with E-state index in [0.29, 0.717) is 27.9 Å². The number of methoxy groups -OCH3 is 1. The molecule has 0 bridgehead atoms. The quantitative estimate of drug-likeness (QED) is 0.348. The Kier molecular flexibility index (Phi) is 8.26. The molecule has 2 aromatic carbocycles. The van der Waals surface area contributed by atoms with Gasteiger partial charge in [0.25, 0.3) is 0 Å². The highest BCUT2D eigenvalue weighted by Crippen LogP contribution is 2.41. The number of nitrogens with zero attached hydrogens (tertiary/aromatic N) is 3. The largest absolute Gasteiger partial charge is 0.496 e. The number of quaternary nitrogens is 1. The van der Waals surface area contributed by atoms with Crippen molar-refractivity contribution in [2.75, 3.05) is 46.2 Å². The van der Waals surface area contributed by atoms with E-state index >= 15 is 0 Å². The molecule has 2 aliphatic rings. The summed E-state index contributed by atoms with van der Waals surface area (Å²) in [5.41, 5.74) is 2.25. The minimum Gasteiger partial charge on any atom is -0.496 e. The van der Waals surface area contributed by atoms with Gasteiger partial charge in [-0.05, 0) is 48.2 Å². The Morgan fingerprint density at radius 3 is 2.33 bits per heavy atom. The minimum atomic E-state index is -1.33. The Labute approximate surface area is 248 Å². The van der Waals surface area contributed by atoms with E-state index in [4.69, 9.17) is 9.72 Å². The Morgan fingerprint density at radius 2 is 1.76 bits per heavy atom. The molecule has 0 radical (unpaired) electrons. The van der Waals surface area contributed by atoms with E-state index < -0.39 is 35.3 Å². The fraction of sp³-hybridized carbons (Fsp3) is 0.452. The van der Waals surface area contributed by atoms with Gasteiger partial charge >= 0.3 is 5.97 Å². The third-order valence-corrected chi connectivity index (χ3v) is 9.46. The molecule has 2 heterocycles. The number of fused-ring (bicyclic) bond motifs is 1. The maximum Gasteiger partial charge on any atom is 0.304 e. The first-order chi connectivity index (χ1) is 19.9. The average molecular weight is 600 g/mol. The second kappa shape index (κ2) is 11.6. The van der Waals surface area contributed by atoms with Gasteiger partial charge in [-0.25, -0.2) is 13.8 Å². The predicted molar refractivity (Wildman–Crippen MR) is 158 cm³/mol. The first-order valence-electron chi connectivity index (χ1n) is 14.0. The number of carboxylic acids is 1. The summed E-state index contributed by atoms with van der Waals surface area (Å²) >= 11 is 1.38. The Bertz CT molecular complexity index is 1460. The fourth-order valence-electron chi connectivity index (χ4n) is 6.25. The number of nitrogens with one attached hydrogen (secondary N) is 1. The zero-order valence-corrected chi connectivity index (χ0v) is 25.2. The van der Waals surface area contributed by atoms with Gasteiger partial charge in [0, 0.05) is 48.6 Å². The number of anilines is 1. The Hall–Kier alpha value is -3.57. The topological polar surface area (TPSA) is 91.8 Å². The molecule has 224 valence electrons. The monoisotopic (exact) mass is 599 g/mol. The van der Waals surface area contributed by atoms with E-state index in [2.05, 4.69) is 37.4 Å². The molecule has 1 aliphatic heterocycles. The normalized spacial score (nSPS) is 16.8. The number of hydrogen-bond donors (Lipinski definition) is 2. The van der Waals surface area contributed by atoms with E-state index in [1.807, 2.05) is 17.5 Å². The molecule has 5 rings (SSSR count). The van der Waals surface area contributed by atoms with Gasteiger partial charge in [0.2, 0.25) is 5.91 Å². The van der Waals surface area contributed by atoms with Crippen LogP contribution in [0.1, 0.15) is 35.4 Å². The SMILES string of the molecule is COc1cc(N2CCC([N+](C)(C)C)CC2)ccc1-c1csc(CNC(=O)C2(CC(=O)O)Cc3cc(F)c(F)cc3C2)n1. The third kappa shape index (κ3) is 6.12. The molecule has 0 saturated carbocycles. The summed E-state index contributed by atoms with van der Waals surface area (Å²) in [6.07, 6.45) is 1.86. The maximum absolute atomic E-state index is 13.8. The van der Waals surface area contributed by atoms with E-state index in [9.17, 15) is 23.5 Å². The summed E-state index contributed by atoms with van der Waals surface area (Å²) in [5.74, 6) is -2.93. The first kappa shape index (κ1) is 29.9. The summed E-state index contributed by atoms with van der Waals surface area (Å²) in [6, 6.07) is 8.89. The number of aromatic nitrogens is 1. The number of carbonyl (C=O) groups excluding carboxylic acids is 1. The van der Waals surface area contributed by atoms with Crippen molar-refractivity contribution in [1.29, 1.82) is 0 Å². The number of benzene rings is 2. The minimum absolute atomic E-state index is 0.0251. The summed E-state index contributed by atoms with van der Waals surface area (Å²) in [5, 5.41) is 14.9. The Balaban J connectivity index is 1.26. The van der Waals surface area contributed by atoms with Crippen molar-refractivity contribution in [2.45, 2.75) is 44.7 Å². The molecule has 0 spiro atoms. The van der Waals surface area contributed by atoms with Crippen LogP contribution in [0.5, 0.6) is 5.75 Å². The molecule has 2 N–H and O–H groups in total. The zero-order valence-electron chi connectivity index (χ0n) is 24.4. The highest BCUT2D eigenvalue weighted by molar-refractivity contribution is 7.09. The van der Waals surface area contributed by atoms with Crippen LogP contribution in [0.3, 0.4) is 0 Å². The van der Waals surface area contributed by atoms with Crippen LogP contribution in [0.15, 0.2) is 35.7 Å². The van der Waals surface area contributed by atoms with Gasteiger partial charge in [-0.3, -0.25) is 9.59 Å². The molecule has 1 amide bonds. The van der Waals surface area contributed by atoms with E-state index in [-0.39, 0.29) is 19.4 Å². The molecule has 1 aromatic heterocycles. The lowest BCUT2D eigenvalue weighted by Gasteiger charge is -2.41. The van der Waals surface area contributed by atoms with Crippen molar-refractivity contribution in [2.24, 2.45) is 5.41 Å². The highest BCUT2D eigenvalue weighted by Gasteiger charge is 2.46. The molecule has 0 unspecified atom stereocenters. The van der Waals surface area contributed by atoms with Crippen LogP contribution >= 0.6 is 11.3 Å². The molecule has 8 nitrogen and oxygen atoms in total. The number of aliphatic carboxylic acids is 1. The fourth-order valence-corrected chi connectivity index (χ4v) is 6.99. The van der Waals surface area contributed by atoms with Crippen LogP contribution in [-0.4, -0.2) is 73.8 Å². The second-order valence-corrected chi connectivity index (χ2v) is 13.2. The number of carboxylic acid groups (broad SMARTS) is 1. The third-order valence-electron chi connectivity index (χ3n) is 8.61. The summed E-state index contributed by atoms with van der Waals surface area (Å²) < 4.78 is 34.3. The standard InChI is InChI=1S/C31H36F2N4O4S/c1-37(2,3)22-7-9-36(10-8-22)21-5-6-23(27(13-21)41-4)26-18-42-28(35-26)17-34-30(40)31(16-29(38)39)14-19-11-24(32)25(33)12-20(19)15-31/h5-6,11-13,18,22H,7-10,14-17H2,1-4H3,(H-,34,38,39,40)/p+1. The first-order valence-corrected chi connectivity index (χ1v) is 14.9. The number of halogens is 2. The smallest absolute Gasteiger partial charge is 0.304 e. The van der Waals surface area contributed by atoms with Crippen molar-refractivity contribution in [3.05, 3.63) is 63.5 Å². The Morgan fingerprint density at radius 1 is 1.12 bits per heavy atom. The number of amides is 1. The molecule has 1 aliphatic carbocycles. The predicted octanol–water partition coefficient (Wildman–Crippen LogP) is 4.65. The van der Waals surface area contributed by atoms with Crippen molar-refractivity contribution in [3.63, 3.8) is 0 Å². The van der Waals surface area contributed by atoms with Gasteiger partial charge in [0.05, 0.1) is 58.4 Å². The second-order valence-electron chi connectivity index (χ2n) is 12.3. The van der Waals surface area contributed by atoms with Gasteiger partial charge in [-0.2, -0.15) is 0 Å². The maximum atomic E-state index is 13.8. The number of piperidine rings is 1. The number of carbonyl (C=O) groups is 2. The van der Waals surface area contributed by atoms with E-state index in [0.717, 1.165) is 59.5 Å². The van der Waals surface area contributed by atoms with Crippen LogP contribution in [0.25, 0.3) is 11.3 Å². The van der Waals surface area contributed by atoms with Crippen LogP contribution in [0.4, 0.5) is 14.5 Å². The number of rotatable bonds is 9. The van der Waals surface area contributed by atoms with Crippen molar-refractivity contribution in [1.82, 2.24) is 10.3 Å². The molecule has 0 atom stereocenters. The van der Waals surface area contributed by atoms with Crippen LogP contribution in [0.2, 0.25) is 0 Å². The van der Waals surface area contributed by atoms with Crippen molar-refractivity contribution in [3.8, 4) is 17.0 Å². The lowest BCUT2D eigenvalue weighted by Crippen LogP contribution is -2.51. The molecule has 1 fully saturated rings. The molecular weight excluding hydrogens is 562 g/mol. The van der Waals surface area contributed by atoms with Gasteiger partial charge < -0.3 is 24.5 Å². The van der Waals surface area contributed by atoms with Gasteiger partial charge in [-0.1, -0.05) is 0 Å². The van der Waals surface area contributed by atoms with Crippen LogP contribution in [-0.2, 0) is 29.0 Å². The van der Waals surface area contributed by atoms with Gasteiger partial charge in [0.15, 0.2) is 11.6 Å². The lowest BCUT2D eigenvalue weighted by molar-refractivity contribution is -0.896. The van der Waals surface area contributed by atoms with Gasteiger partial charge in [-0.15, -0.1) is 11.3 Å². The van der Waals surface area contributed by atoms with Crippen molar-refractivity contribution >= 4 is 28.9 Å². The van der Waals surface area contributed by atoms with Crippen LogP contribution < -0.4 is 15.0 Å². The molecule has 3 aromatic rings.